The zero-order chi connectivity index (χ0) is 13.6. The molecule has 2 aliphatic rings. The molecular weight excluding hydrogens is 268 g/mol. The predicted molar refractivity (Wildman–Crippen MR) is 67.5 cm³/mol. The largest absolute Gasteiger partial charge is 0.481 e. The first-order chi connectivity index (χ1) is 9.06. The summed E-state index contributed by atoms with van der Waals surface area (Å²) in [4.78, 5) is 40.9. The lowest BCUT2D eigenvalue weighted by molar-refractivity contribution is -0.141. The Bertz CT molecular complexity index is 580. The lowest BCUT2D eigenvalue weighted by Crippen LogP contribution is -2.25. The van der Waals surface area contributed by atoms with Crippen LogP contribution in [-0.4, -0.2) is 34.3 Å². The highest BCUT2D eigenvalue weighted by Crippen LogP contribution is 2.34. The number of carbonyl (C=O) groups excluding carboxylic acids is 2. The van der Waals surface area contributed by atoms with Crippen LogP contribution in [0.3, 0.4) is 0 Å². The van der Waals surface area contributed by atoms with Crippen molar-refractivity contribution >= 4 is 34.1 Å². The first-order valence-electron chi connectivity index (χ1n) is 6.12. The van der Waals surface area contributed by atoms with Crippen molar-refractivity contribution in [3.63, 3.8) is 0 Å². The maximum atomic E-state index is 11.8. The molecule has 0 saturated carbocycles. The number of hydrogen-bond donors (Lipinski definition) is 1. The number of aliphatic carboxylic acids is 1. The molecule has 2 heterocycles. The lowest BCUT2D eigenvalue weighted by atomic mass is 10.0. The molecule has 1 aromatic heterocycles. The molecule has 1 aliphatic carbocycles. The first kappa shape index (κ1) is 12.3. The Hall–Kier alpha value is -1.76. The molecule has 100 valence electrons. The Balaban J connectivity index is 1.89. The van der Waals surface area contributed by atoms with Gasteiger partial charge in [0.25, 0.3) is 0 Å². The van der Waals surface area contributed by atoms with Crippen molar-refractivity contribution in [1.29, 1.82) is 0 Å². The van der Waals surface area contributed by atoms with Gasteiger partial charge in [-0.2, -0.15) is 0 Å². The number of aryl methyl sites for hydroxylation is 1. The highest BCUT2D eigenvalue weighted by molar-refractivity contribution is 7.17. The smallest absolute Gasteiger partial charge is 0.308 e. The normalized spacial score (nSPS) is 22.7. The van der Waals surface area contributed by atoms with Crippen molar-refractivity contribution in [2.24, 2.45) is 5.92 Å². The molecule has 1 aromatic rings. The van der Waals surface area contributed by atoms with Gasteiger partial charge in [-0.3, -0.25) is 19.3 Å². The molecule has 1 aliphatic heterocycles. The van der Waals surface area contributed by atoms with Crippen LogP contribution < -0.4 is 4.90 Å². The van der Waals surface area contributed by atoms with Crippen LogP contribution in [0.1, 0.15) is 34.6 Å². The molecule has 7 heteroatoms. The summed E-state index contributed by atoms with van der Waals surface area (Å²) in [6, 6.07) is 0. The number of rotatable bonds is 2. The fraction of sp³-hybridized carbons (Fsp3) is 0.500. The Labute approximate surface area is 113 Å². The van der Waals surface area contributed by atoms with E-state index >= 15 is 0 Å². The Kier molecular flexibility index (Phi) is 2.85. The number of hydrogen-bond acceptors (Lipinski definition) is 5. The second-order valence-electron chi connectivity index (χ2n) is 4.79. The topological polar surface area (TPSA) is 87.6 Å². The number of carboxylic acids is 1. The van der Waals surface area contributed by atoms with E-state index in [4.69, 9.17) is 5.11 Å². The van der Waals surface area contributed by atoms with Crippen LogP contribution in [-0.2, 0) is 16.0 Å². The number of amides is 1. The molecule has 0 radical (unpaired) electrons. The summed E-state index contributed by atoms with van der Waals surface area (Å²) in [7, 11) is 0. The van der Waals surface area contributed by atoms with E-state index < -0.39 is 11.9 Å². The third kappa shape index (κ3) is 2.03. The summed E-state index contributed by atoms with van der Waals surface area (Å²) in [5.74, 6) is -1.80. The summed E-state index contributed by atoms with van der Waals surface area (Å²) >= 11 is 1.21. The molecule has 0 bridgehead atoms. The zero-order valence-electron chi connectivity index (χ0n) is 10.1. The van der Waals surface area contributed by atoms with E-state index in [2.05, 4.69) is 4.98 Å². The van der Waals surface area contributed by atoms with E-state index in [0.717, 1.165) is 18.5 Å². The average Bonchev–Trinajstić information content (AvgIpc) is 2.93. The summed E-state index contributed by atoms with van der Waals surface area (Å²) in [5, 5.41) is 9.42. The zero-order valence-corrected chi connectivity index (χ0v) is 10.9. The molecule has 3 rings (SSSR count). The van der Waals surface area contributed by atoms with E-state index in [1.807, 2.05) is 0 Å². The minimum Gasteiger partial charge on any atom is -0.481 e. The second-order valence-corrected chi connectivity index (χ2v) is 5.77. The molecule has 0 spiro atoms. The number of thiazole rings is 1. The molecule has 1 atom stereocenters. The van der Waals surface area contributed by atoms with Gasteiger partial charge < -0.3 is 5.11 Å². The minimum atomic E-state index is -0.965. The standard InChI is InChI=1S/C12H12N2O4S/c15-8-3-1-2-7-10(8)19-12(13-7)14-5-6(11(17)18)4-9(14)16/h6H,1-5H2,(H,17,18). The van der Waals surface area contributed by atoms with Crippen LogP contribution in [0.2, 0.25) is 0 Å². The molecule has 1 N–H and O–H groups in total. The lowest BCUT2D eigenvalue weighted by Gasteiger charge is -2.11. The predicted octanol–water partition coefficient (Wildman–Crippen LogP) is 1.10. The van der Waals surface area contributed by atoms with Crippen molar-refractivity contribution in [3.05, 3.63) is 10.6 Å². The van der Waals surface area contributed by atoms with E-state index in [0.29, 0.717) is 16.4 Å². The fourth-order valence-electron chi connectivity index (χ4n) is 2.43. The third-order valence-corrected chi connectivity index (χ3v) is 4.62. The van der Waals surface area contributed by atoms with Gasteiger partial charge in [0.05, 0.1) is 16.5 Å². The van der Waals surface area contributed by atoms with Gasteiger partial charge in [-0.25, -0.2) is 4.98 Å². The van der Waals surface area contributed by atoms with Crippen molar-refractivity contribution in [2.75, 3.05) is 11.4 Å². The summed E-state index contributed by atoms with van der Waals surface area (Å²) < 4.78 is 0. The number of carboxylic acid groups (broad SMARTS) is 1. The van der Waals surface area contributed by atoms with Crippen LogP contribution in [0.15, 0.2) is 0 Å². The van der Waals surface area contributed by atoms with Gasteiger partial charge in [0.15, 0.2) is 10.9 Å². The molecule has 1 amide bonds. The fourth-order valence-corrected chi connectivity index (χ4v) is 3.54. The molecule has 1 fully saturated rings. The van der Waals surface area contributed by atoms with Crippen molar-refractivity contribution in [1.82, 2.24) is 4.98 Å². The van der Waals surface area contributed by atoms with Gasteiger partial charge in [-0.05, 0) is 12.8 Å². The average molecular weight is 280 g/mol. The number of Topliss-reactive ketones (excluding diaryl/α,β-unsaturated/α-hetero) is 1. The number of ketones is 1. The minimum absolute atomic E-state index is 0.00747. The maximum Gasteiger partial charge on any atom is 0.308 e. The van der Waals surface area contributed by atoms with Crippen molar-refractivity contribution < 1.29 is 19.5 Å². The highest BCUT2D eigenvalue weighted by atomic mass is 32.1. The van der Waals surface area contributed by atoms with Gasteiger partial charge in [-0.15, -0.1) is 0 Å². The Morgan fingerprint density at radius 2 is 2.16 bits per heavy atom. The molecule has 0 aromatic carbocycles. The summed E-state index contributed by atoms with van der Waals surface area (Å²) in [6.07, 6.45) is 2.08. The third-order valence-electron chi connectivity index (χ3n) is 3.46. The van der Waals surface area contributed by atoms with Gasteiger partial charge >= 0.3 is 5.97 Å². The highest BCUT2D eigenvalue weighted by Gasteiger charge is 2.37. The van der Waals surface area contributed by atoms with Crippen molar-refractivity contribution in [3.8, 4) is 0 Å². The van der Waals surface area contributed by atoms with Gasteiger partial charge in [-0.1, -0.05) is 11.3 Å². The second kappa shape index (κ2) is 4.41. The van der Waals surface area contributed by atoms with Crippen LogP contribution in [0, 0.1) is 5.92 Å². The van der Waals surface area contributed by atoms with Gasteiger partial charge in [0.1, 0.15) is 0 Å². The van der Waals surface area contributed by atoms with Crippen LogP contribution >= 0.6 is 11.3 Å². The molecule has 6 nitrogen and oxygen atoms in total. The van der Waals surface area contributed by atoms with E-state index in [1.165, 1.54) is 16.2 Å². The van der Waals surface area contributed by atoms with Crippen LogP contribution in [0.25, 0.3) is 0 Å². The molecule has 1 saturated heterocycles. The summed E-state index contributed by atoms with van der Waals surface area (Å²) in [5.41, 5.74) is 0.753. The summed E-state index contributed by atoms with van der Waals surface area (Å²) in [6.45, 7) is 0.148. The number of aromatic nitrogens is 1. The number of nitrogens with zero attached hydrogens (tertiary/aromatic N) is 2. The number of fused-ring (bicyclic) bond motifs is 1. The van der Waals surface area contributed by atoms with E-state index in [1.54, 1.807) is 0 Å². The van der Waals surface area contributed by atoms with Gasteiger partial charge in [0.2, 0.25) is 5.91 Å². The van der Waals surface area contributed by atoms with Crippen LogP contribution in [0.5, 0.6) is 0 Å². The van der Waals surface area contributed by atoms with Crippen molar-refractivity contribution in [2.45, 2.75) is 25.7 Å². The van der Waals surface area contributed by atoms with Gasteiger partial charge in [0, 0.05) is 19.4 Å². The first-order valence-corrected chi connectivity index (χ1v) is 6.94. The molecule has 19 heavy (non-hydrogen) atoms. The molecule has 1 unspecified atom stereocenters. The monoisotopic (exact) mass is 280 g/mol. The number of anilines is 1. The quantitative estimate of drug-likeness (QED) is 0.876. The van der Waals surface area contributed by atoms with E-state index in [-0.39, 0.29) is 24.7 Å². The maximum absolute atomic E-state index is 11.8. The SMILES string of the molecule is O=C1CCCc2nc(N3CC(C(=O)O)CC3=O)sc21. The number of carbonyl (C=O) groups is 3. The van der Waals surface area contributed by atoms with E-state index in [9.17, 15) is 14.4 Å². The Morgan fingerprint density at radius 1 is 1.37 bits per heavy atom. The van der Waals surface area contributed by atoms with Crippen LogP contribution in [0.4, 0.5) is 5.13 Å². The Morgan fingerprint density at radius 3 is 2.79 bits per heavy atom. The molecular formula is C12H12N2O4S.